The molecule has 128 valence electrons. The lowest BCUT2D eigenvalue weighted by Gasteiger charge is -2.41. The number of aromatic nitrogens is 1. The number of pyridine rings is 1. The third-order valence-corrected chi connectivity index (χ3v) is 6.99. The molecular weight excluding hydrogens is 316 g/mol. The molecule has 1 spiro atoms. The van der Waals surface area contributed by atoms with E-state index in [0.29, 0.717) is 19.0 Å². The molecule has 0 saturated carbocycles. The van der Waals surface area contributed by atoms with Gasteiger partial charge in [-0.3, -0.25) is 4.98 Å². The second-order valence-corrected chi connectivity index (χ2v) is 8.21. The number of piperidine rings is 1. The summed E-state index contributed by atoms with van der Waals surface area (Å²) in [7, 11) is -1.74. The molecule has 2 fully saturated rings. The van der Waals surface area contributed by atoms with Crippen molar-refractivity contribution in [3.05, 3.63) is 24.5 Å². The SMILES string of the molecule is COCC[C@H]1CCOC12CCN(S(=O)(=O)c1cccnc1)CC2. The molecule has 0 radical (unpaired) electrons. The van der Waals surface area contributed by atoms with Crippen LogP contribution < -0.4 is 0 Å². The fraction of sp³-hybridized carbons (Fsp3) is 0.688. The Bertz CT molecular complexity index is 612. The summed E-state index contributed by atoms with van der Waals surface area (Å²) in [6.45, 7) is 2.50. The fourth-order valence-electron chi connectivity index (χ4n) is 3.76. The number of hydrogen-bond donors (Lipinski definition) is 0. The first kappa shape index (κ1) is 16.8. The number of methoxy groups -OCH3 is 1. The van der Waals surface area contributed by atoms with E-state index in [0.717, 1.165) is 38.9 Å². The third-order valence-electron chi connectivity index (χ3n) is 5.11. The van der Waals surface area contributed by atoms with Crippen LogP contribution in [0.4, 0.5) is 0 Å². The molecule has 1 atom stereocenters. The van der Waals surface area contributed by atoms with Crippen LogP contribution in [-0.2, 0) is 19.5 Å². The normalized spacial score (nSPS) is 25.0. The minimum atomic E-state index is -3.45. The molecule has 1 aromatic rings. The smallest absolute Gasteiger partial charge is 0.244 e. The molecule has 6 nitrogen and oxygen atoms in total. The van der Waals surface area contributed by atoms with Crippen LogP contribution in [0.2, 0.25) is 0 Å². The number of hydrogen-bond acceptors (Lipinski definition) is 5. The highest BCUT2D eigenvalue weighted by atomic mass is 32.2. The number of rotatable bonds is 5. The van der Waals surface area contributed by atoms with Crippen LogP contribution in [0.15, 0.2) is 29.4 Å². The van der Waals surface area contributed by atoms with E-state index in [2.05, 4.69) is 4.98 Å². The predicted octanol–water partition coefficient (Wildman–Crippen LogP) is 1.68. The molecule has 0 amide bonds. The molecule has 0 bridgehead atoms. The Balaban J connectivity index is 1.68. The Morgan fingerprint density at radius 3 is 2.87 bits per heavy atom. The Labute approximate surface area is 137 Å². The Kier molecular flexibility index (Phi) is 5.01. The number of sulfonamides is 1. The molecular formula is C16H24N2O4S. The van der Waals surface area contributed by atoms with Gasteiger partial charge in [0, 0.05) is 45.8 Å². The lowest BCUT2D eigenvalue weighted by molar-refractivity contribution is -0.0603. The highest BCUT2D eigenvalue weighted by molar-refractivity contribution is 7.89. The molecule has 3 rings (SSSR count). The quantitative estimate of drug-likeness (QED) is 0.816. The second kappa shape index (κ2) is 6.84. The summed E-state index contributed by atoms with van der Waals surface area (Å²) in [5.41, 5.74) is -0.167. The van der Waals surface area contributed by atoms with Gasteiger partial charge in [-0.1, -0.05) is 0 Å². The molecule has 1 aromatic heterocycles. The van der Waals surface area contributed by atoms with Crippen molar-refractivity contribution >= 4 is 10.0 Å². The summed E-state index contributed by atoms with van der Waals surface area (Å²) in [4.78, 5) is 4.18. The van der Waals surface area contributed by atoms with Crippen molar-refractivity contribution in [2.75, 3.05) is 33.4 Å². The van der Waals surface area contributed by atoms with Crippen LogP contribution in [0.1, 0.15) is 25.7 Å². The summed E-state index contributed by atoms with van der Waals surface area (Å²) < 4.78 is 38.2. The maximum absolute atomic E-state index is 12.7. The fourth-order valence-corrected chi connectivity index (χ4v) is 5.17. The van der Waals surface area contributed by atoms with Gasteiger partial charge in [0.05, 0.1) is 5.60 Å². The first-order valence-corrected chi connectivity index (χ1v) is 9.55. The van der Waals surface area contributed by atoms with Crippen molar-refractivity contribution in [1.29, 1.82) is 0 Å². The van der Waals surface area contributed by atoms with Crippen molar-refractivity contribution in [2.45, 2.75) is 36.2 Å². The largest absolute Gasteiger partial charge is 0.385 e. The second-order valence-electron chi connectivity index (χ2n) is 6.27. The lowest BCUT2D eigenvalue weighted by Crippen LogP contribution is -2.49. The third kappa shape index (κ3) is 3.28. The Hall–Kier alpha value is -1.02. The number of nitrogens with zero attached hydrogens (tertiary/aromatic N) is 2. The highest BCUT2D eigenvalue weighted by Crippen LogP contribution is 2.43. The van der Waals surface area contributed by atoms with Gasteiger partial charge in [-0.05, 0) is 43.7 Å². The van der Waals surface area contributed by atoms with Crippen LogP contribution in [-0.4, -0.2) is 56.7 Å². The minimum Gasteiger partial charge on any atom is -0.385 e. The van der Waals surface area contributed by atoms with Crippen LogP contribution in [0, 0.1) is 5.92 Å². The van der Waals surface area contributed by atoms with E-state index in [1.807, 2.05) is 0 Å². The lowest BCUT2D eigenvalue weighted by atomic mass is 9.78. The average molecular weight is 340 g/mol. The zero-order valence-electron chi connectivity index (χ0n) is 13.5. The van der Waals surface area contributed by atoms with Gasteiger partial charge < -0.3 is 9.47 Å². The van der Waals surface area contributed by atoms with E-state index in [1.54, 1.807) is 29.7 Å². The van der Waals surface area contributed by atoms with Crippen molar-refractivity contribution < 1.29 is 17.9 Å². The molecule has 0 N–H and O–H groups in total. The van der Waals surface area contributed by atoms with Gasteiger partial charge in [0.1, 0.15) is 4.90 Å². The molecule has 23 heavy (non-hydrogen) atoms. The van der Waals surface area contributed by atoms with Gasteiger partial charge in [-0.2, -0.15) is 4.31 Å². The van der Waals surface area contributed by atoms with Gasteiger partial charge in [-0.25, -0.2) is 8.42 Å². The molecule has 0 aliphatic carbocycles. The Morgan fingerprint density at radius 1 is 1.43 bits per heavy atom. The summed E-state index contributed by atoms with van der Waals surface area (Å²) in [6, 6.07) is 3.25. The van der Waals surface area contributed by atoms with Gasteiger partial charge in [0.15, 0.2) is 0 Å². The summed E-state index contributed by atoms with van der Waals surface area (Å²) >= 11 is 0. The summed E-state index contributed by atoms with van der Waals surface area (Å²) in [6.07, 6.45) is 6.51. The van der Waals surface area contributed by atoms with E-state index < -0.39 is 10.0 Å². The zero-order valence-corrected chi connectivity index (χ0v) is 14.3. The standard InChI is InChI=1S/C16H24N2O4S/c1-21-11-4-14-5-12-22-16(14)6-9-18(10-7-16)23(19,20)15-3-2-8-17-13-15/h2-3,8,13-14H,4-7,9-12H2,1H3/t14-/m0/s1. The molecule has 7 heteroatoms. The molecule has 0 unspecified atom stereocenters. The summed E-state index contributed by atoms with van der Waals surface area (Å²) in [5, 5.41) is 0. The van der Waals surface area contributed by atoms with Gasteiger partial charge >= 0.3 is 0 Å². The van der Waals surface area contributed by atoms with Crippen molar-refractivity contribution in [1.82, 2.24) is 9.29 Å². The van der Waals surface area contributed by atoms with E-state index in [1.165, 1.54) is 6.20 Å². The van der Waals surface area contributed by atoms with Crippen molar-refractivity contribution in [3.63, 3.8) is 0 Å². The van der Waals surface area contributed by atoms with E-state index in [-0.39, 0.29) is 10.5 Å². The topological polar surface area (TPSA) is 68.7 Å². The van der Waals surface area contributed by atoms with Gasteiger partial charge in [-0.15, -0.1) is 0 Å². The molecule has 2 saturated heterocycles. The molecule has 2 aliphatic rings. The van der Waals surface area contributed by atoms with E-state index in [4.69, 9.17) is 9.47 Å². The van der Waals surface area contributed by atoms with Crippen LogP contribution >= 0.6 is 0 Å². The minimum absolute atomic E-state index is 0.167. The Morgan fingerprint density at radius 2 is 2.22 bits per heavy atom. The van der Waals surface area contributed by atoms with Crippen molar-refractivity contribution in [3.8, 4) is 0 Å². The highest BCUT2D eigenvalue weighted by Gasteiger charge is 2.47. The van der Waals surface area contributed by atoms with Gasteiger partial charge in [0.2, 0.25) is 10.0 Å². The molecule has 0 aromatic carbocycles. The first-order valence-electron chi connectivity index (χ1n) is 8.11. The molecule has 2 aliphatic heterocycles. The maximum atomic E-state index is 12.7. The van der Waals surface area contributed by atoms with Gasteiger partial charge in [0.25, 0.3) is 0 Å². The predicted molar refractivity (Wildman–Crippen MR) is 85.5 cm³/mol. The van der Waals surface area contributed by atoms with Crippen LogP contribution in [0.3, 0.4) is 0 Å². The first-order chi connectivity index (χ1) is 11.1. The van der Waals surface area contributed by atoms with E-state index in [9.17, 15) is 8.42 Å². The number of ether oxygens (including phenoxy) is 2. The summed E-state index contributed by atoms with van der Waals surface area (Å²) in [5.74, 6) is 0.464. The zero-order chi connectivity index (χ0) is 16.3. The van der Waals surface area contributed by atoms with Crippen LogP contribution in [0.5, 0.6) is 0 Å². The molecule has 3 heterocycles. The van der Waals surface area contributed by atoms with Crippen LogP contribution in [0.25, 0.3) is 0 Å². The average Bonchev–Trinajstić information content (AvgIpc) is 2.96. The van der Waals surface area contributed by atoms with Crippen molar-refractivity contribution in [2.24, 2.45) is 5.92 Å². The van der Waals surface area contributed by atoms with E-state index >= 15 is 0 Å². The maximum Gasteiger partial charge on any atom is 0.244 e. The monoisotopic (exact) mass is 340 g/mol.